The third-order valence-corrected chi connectivity index (χ3v) is 2.84. The molecular weight excluding hydrogens is 265 g/mol. The average molecular weight is 278 g/mol. The smallest absolute Gasteiger partial charge is 0.266 e. The summed E-state index contributed by atoms with van der Waals surface area (Å²) in [5.74, 6) is -0.147. The zero-order valence-electron chi connectivity index (χ0n) is 10.8. The van der Waals surface area contributed by atoms with Gasteiger partial charge in [-0.15, -0.1) is 0 Å². The van der Waals surface area contributed by atoms with Crippen molar-refractivity contribution in [2.75, 3.05) is 7.11 Å². The van der Waals surface area contributed by atoms with Crippen LogP contribution in [-0.2, 0) is 0 Å². The lowest BCUT2D eigenvalue weighted by Gasteiger charge is -2.02. The van der Waals surface area contributed by atoms with Crippen LogP contribution in [0.15, 0.2) is 42.5 Å². The second kappa shape index (κ2) is 6.28. The highest BCUT2D eigenvalue weighted by molar-refractivity contribution is 5.70. The molecule has 0 fully saturated rings. The molecule has 2 rings (SSSR count). The van der Waals surface area contributed by atoms with Crippen LogP contribution in [0.2, 0.25) is 0 Å². The van der Waals surface area contributed by atoms with Crippen molar-refractivity contribution < 1.29 is 17.9 Å². The number of rotatable bonds is 4. The van der Waals surface area contributed by atoms with Gasteiger partial charge in [0, 0.05) is 0 Å². The lowest BCUT2D eigenvalue weighted by Crippen LogP contribution is -1.90. The monoisotopic (exact) mass is 278 g/mol. The third-order valence-electron chi connectivity index (χ3n) is 2.84. The average Bonchev–Trinajstić information content (AvgIpc) is 2.45. The van der Waals surface area contributed by atoms with E-state index in [0.29, 0.717) is 5.56 Å². The van der Waals surface area contributed by atoms with Crippen LogP contribution in [0.25, 0.3) is 12.2 Å². The van der Waals surface area contributed by atoms with Crippen LogP contribution in [0.1, 0.15) is 23.1 Å². The largest absolute Gasteiger partial charge is 0.497 e. The van der Waals surface area contributed by atoms with Gasteiger partial charge in [-0.2, -0.15) is 0 Å². The number of hydrogen-bond donors (Lipinski definition) is 0. The normalized spacial score (nSPS) is 11.2. The number of benzene rings is 2. The van der Waals surface area contributed by atoms with Crippen molar-refractivity contribution in [3.05, 3.63) is 65.0 Å². The Kier molecular flexibility index (Phi) is 4.45. The minimum absolute atomic E-state index is 0.530. The molecule has 0 unspecified atom stereocenters. The standard InChI is InChI=1S/C16H13F3O/c1-20-13-7-4-11(5-8-13)2-3-12-6-9-14(16(18)19)15(17)10-12/h2-10,16H,1H3/b3-2+. The minimum Gasteiger partial charge on any atom is -0.497 e. The van der Waals surface area contributed by atoms with Crippen molar-refractivity contribution in [1.82, 2.24) is 0 Å². The number of hydrogen-bond acceptors (Lipinski definition) is 1. The van der Waals surface area contributed by atoms with Gasteiger partial charge in [0.1, 0.15) is 11.6 Å². The summed E-state index contributed by atoms with van der Waals surface area (Å²) in [6, 6.07) is 11.0. The lowest BCUT2D eigenvalue weighted by molar-refractivity contribution is 0.146. The number of alkyl halides is 2. The Bertz CT molecular complexity index is 604. The maximum absolute atomic E-state index is 13.4. The van der Waals surface area contributed by atoms with Crippen molar-refractivity contribution in [1.29, 1.82) is 0 Å². The fourth-order valence-corrected chi connectivity index (χ4v) is 1.73. The summed E-state index contributed by atoms with van der Waals surface area (Å²) >= 11 is 0. The Morgan fingerprint density at radius 2 is 1.55 bits per heavy atom. The quantitative estimate of drug-likeness (QED) is 0.719. The van der Waals surface area contributed by atoms with Gasteiger partial charge in [-0.25, -0.2) is 13.2 Å². The summed E-state index contributed by atoms with van der Waals surface area (Å²) in [6.45, 7) is 0. The van der Waals surface area contributed by atoms with Gasteiger partial charge in [0.2, 0.25) is 0 Å². The highest BCUT2D eigenvalue weighted by Gasteiger charge is 2.12. The first kappa shape index (κ1) is 14.2. The molecule has 2 aromatic rings. The van der Waals surface area contributed by atoms with Crippen LogP contribution in [0, 0.1) is 5.82 Å². The zero-order chi connectivity index (χ0) is 14.5. The van der Waals surface area contributed by atoms with E-state index in [1.165, 1.54) is 6.07 Å². The summed E-state index contributed by atoms with van der Waals surface area (Å²) < 4.78 is 43.3. The van der Waals surface area contributed by atoms with E-state index in [2.05, 4.69) is 0 Å². The lowest BCUT2D eigenvalue weighted by atomic mass is 10.1. The molecule has 2 aromatic carbocycles. The number of ether oxygens (including phenoxy) is 1. The highest BCUT2D eigenvalue weighted by Crippen LogP contribution is 2.23. The van der Waals surface area contributed by atoms with Gasteiger partial charge in [-0.3, -0.25) is 0 Å². The van der Waals surface area contributed by atoms with Crippen molar-refractivity contribution in [2.45, 2.75) is 6.43 Å². The van der Waals surface area contributed by atoms with Crippen LogP contribution in [-0.4, -0.2) is 7.11 Å². The van der Waals surface area contributed by atoms with Gasteiger partial charge >= 0.3 is 0 Å². The van der Waals surface area contributed by atoms with Gasteiger partial charge in [-0.05, 0) is 35.4 Å². The van der Waals surface area contributed by atoms with E-state index in [9.17, 15) is 13.2 Å². The highest BCUT2D eigenvalue weighted by atomic mass is 19.3. The fraction of sp³-hybridized carbons (Fsp3) is 0.125. The minimum atomic E-state index is -2.80. The molecule has 1 nitrogen and oxygen atoms in total. The second-order valence-electron chi connectivity index (χ2n) is 4.19. The van der Waals surface area contributed by atoms with Crippen LogP contribution >= 0.6 is 0 Å². The van der Waals surface area contributed by atoms with E-state index in [1.807, 2.05) is 12.1 Å². The van der Waals surface area contributed by atoms with Crippen LogP contribution in [0.5, 0.6) is 5.75 Å². The van der Waals surface area contributed by atoms with Gasteiger partial charge in [-0.1, -0.05) is 30.4 Å². The van der Waals surface area contributed by atoms with E-state index in [4.69, 9.17) is 4.74 Å². The molecule has 0 aliphatic rings. The molecule has 0 radical (unpaired) electrons. The van der Waals surface area contributed by atoms with Crippen LogP contribution in [0.4, 0.5) is 13.2 Å². The molecule has 0 amide bonds. The molecule has 0 saturated heterocycles. The molecule has 0 aliphatic carbocycles. The van der Waals surface area contributed by atoms with Crippen molar-refractivity contribution in [2.24, 2.45) is 0 Å². The van der Waals surface area contributed by atoms with Crippen molar-refractivity contribution >= 4 is 12.2 Å². The Morgan fingerprint density at radius 1 is 0.950 bits per heavy atom. The van der Waals surface area contributed by atoms with Crippen molar-refractivity contribution in [3.8, 4) is 5.75 Å². The van der Waals surface area contributed by atoms with Gasteiger partial charge in [0.05, 0.1) is 12.7 Å². The fourth-order valence-electron chi connectivity index (χ4n) is 1.73. The summed E-state index contributed by atoms with van der Waals surface area (Å²) in [5.41, 5.74) is 0.860. The second-order valence-corrected chi connectivity index (χ2v) is 4.19. The van der Waals surface area contributed by atoms with Crippen LogP contribution in [0.3, 0.4) is 0 Å². The molecule has 0 aliphatic heterocycles. The summed E-state index contributed by atoms with van der Waals surface area (Å²) in [7, 11) is 1.58. The molecule has 0 heterocycles. The van der Waals surface area contributed by atoms with Gasteiger partial charge in [0.25, 0.3) is 6.43 Å². The van der Waals surface area contributed by atoms with Crippen molar-refractivity contribution in [3.63, 3.8) is 0 Å². The predicted octanol–water partition coefficient (Wildman–Crippen LogP) is 4.94. The van der Waals surface area contributed by atoms with Gasteiger partial charge < -0.3 is 4.74 Å². The maximum atomic E-state index is 13.4. The molecule has 104 valence electrons. The Balaban J connectivity index is 2.16. The van der Waals surface area contributed by atoms with Crippen LogP contribution < -0.4 is 4.74 Å². The first-order valence-electron chi connectivity index (χ1n) is 6.00. The molecular formula is C16H13F3O. The molecule has 4 heteroatoms. The van der Waals surface area contributed by atoms with E-state index >= 15 is 0 Å². The number of methoxy groups -OCH3 is 1. The molecule has 20 heavy (non-hydrogen) atoms. The topological polar surface area (TPSA) is 9.23 Å². The molecule has 0 aromatic heterocycles. The van der Waals surface area contributed by atoms with E-state index in [0.717, 1.165) is 23.4 Å². The number of halogens is 3. The first-order valence-corrected chi connectivity index (χ1v) is 6.00. The molecule has 0 spiro atoms. The van der Waals surface area contributed by atoms with E-state index in [1.54, 1.807) is 31.4 Å². The molecule has 0 atom stereocenters. The van der Waals surface area contributed by atoms with E-state index < -0.39 is 17.8 Å². The Morgan fingerprint density at radius 3 is 2.10 bits per heavy atom. The Labute approximate surface area is 115 Å². The molecule has 0 N–H and O–H groups in total. The summed E-state index contributed by atoms with van der Waals surface area (Å²) in [4.78, 5) is 0. The molecule has 0 bridgehead atoms. The van der Waals surface area contributed by atoms with E-state index in [-0.39, 0.29) is 0 Å². The summed E-state index contributed by atoms with van der Waals surface area (Å²) in [5, 5.41) is 0. The van der Waals surface area contributed by atoms with Gasteiger partial charge in [0.15, 0.2) is 0 Å². The first-order chi connectivity index (χ1) is 9.60. The third kappa shape index (κ3) is 3.41. The predicted molar refractivity (Wildman–Crippen MR) is 73.3 cm³/mol. The Hall–Kier alpha value is -2.23. The maximum Gasteiger partial charge on any atom is 0.266 e. The SMILES string of the molecule is COc1ccc(/C=C/c2ccc(C(F)F)c(F)c2)cc1. The zero-order valence-corrected chi connectivity index (χ0v) is 10.8. The summed E-state index contributed by atoms with van der Waals surface area (Å²) in [6.07, 6.45) is 0.644. The molecule has 0 saturated carbocycles.